The van der Waals surface area contributed by atoms with Gasteiger partial charge < -0.3 is 19.5 Å². The molecule has 1 N–H and O–H groups in total. The number of hydrogen-bond donors (Lipinski definition) is 1. The summed E-state index contributed by atoms with van der Waals surface area (Å²) in [5.41, 5.74) is 0.645. The average molecular weight is 464 g/mol. The summed E-state index contributed by atoms with van der Waals surface area (Å²) in [5.74, 6) is -1.29. The number of carbonyl (C=O) groups is 2. The summed E-state index contributed by atoms with van der Waals surface area (Å²) in [6.07, 6.45) is 3.23. The van der Waals surface area contributed by atoms with E-state index in [4.69, 9.17) is 4.74 Å². The Bertz CT molecular complexity index is 1060. The Labute approximate surface area is 189 Å². The fraction of sp³-hybridized carbons (Fsp3) is 0.565. The van der Waals surface area contributed by atoms with Crippen LogP contribution in [0.15, 0.2) is 35.4 Å². The van der Waals surface area contributed by atoms with Gasteiger partial charge >= 0.3 is 0 Å². The van der Waals surface area contributed by atoms with E-state index in [2.05, 4.69) is 5.32 Å². The monoisotopic (exact) mass is 463 g/mol. The highest BCUT2D eigenvalue weighted by Crippen LogP contribution is 2.27. The molecule has 3 rings (SSSR count). The van der Waals surface area contributed by atoms with E-state index in [1.807, 2.05) is 27.7 Å². The van der Waals surface area contributed by atoms with Crippen LogP contribution >= 0.6 is 0 Å². The molecule has 1 aliphatic heterocycles. The molecule has 1 fully saturated rings. The van der Waals surface area contributed by atoms with Crippen LogP contribution < -0.4 is 5.32 Å². The smallest absolute Gasteiger partial charge is 0.242 e. The first-order chi connectivity index (χ1) is 15.1. The van der Waals surface area contributed by atoms with Crippen molar-refractivity contribution in [2.75, 3.05) is 18.9 Å². The molecule has 2 heterocycles. The second-order valence-corrected chi connectivity index (χ2v) is 10.8. The second kappa shape index (κ2) is 10.0. The van der Waals surface area contributed by atoms with Crippen molar-refractivity contribution in [3.63, 3.8) is 0 Å². The maximum Gasteiger partial charge on any atom is 0.242 e. The molecule has 0 aliphatic carbocycles. The van der Waals surface area contributed by atoms with Crippen LogP contribution in [0.2, 0.25) is 0 Å². The molecule has 176 valence electrons. The predicted octanol–water partition coefficient (Wildman–Crippen LogP) is 2.36. The minimum absolute atomic E-state index is 0.0254. The Morgan fingerprint density at radius 2 is 1.88 bits per heavy atom. The fourth-order valence-electron chi connectivity index (χ4n) is 4.33. The van der Waals surface area contributed by atoms with Gasteiger partial charge in [0, 0.05) is 42.3 Å². The van der Waals surface area contributed by atoms with E-state index in [1.54, 1.807) is 33.7 Å². The first-order valence-electron chi connectivity index (χ1n) is 11.1. The van der Waals surface area contributed by atoms with Crippen LogP contribution in [0.3, 0.4) is 0 Å². The fourth-order valence-corrected chi connectivity index (χ4v) is 5.72. The van der Waals surface area contributed by atoms with Crippen molar-refractivity contribution < 1.29 is 22.7 Å². The van der Waals surface area contributed by atoms with E-state index < -0.39 is 21.5 Å². The summed E-state index contributed by atoms with van der Waals surface area (Å²) in [6, 6.07) is 7.10. The lowest BCUT2D eigenvalue weighted by molar-refractivity contribution is -0.135. The number of carbonyl (C=O) groups excluding carboxylic acids is 2. The highest BCUT2D eigenvalue weighted by Gasteiger charge is 2.27. The molecule has 32 heavy (non-hydrogen) atoms. The first kappa shape index (κ1) is 24.3. The Balaban J connectivity index is 1.82. The Hall–Kier alpha value is -2.39. The quantitative estimate of drug-likeness (QED) is 0.616. The number of para-hydroxylation sites is 1. The lowest BCUT2D eigenvalue weighted by Gasteiger charge is -2.31. The maximum atomic E-state index is 13.1. The number of ether oxygens (including phenoxy) is 1. The zero-order valence-electron chi connectivity index (χ0n) is 19.2. The number of aromatic nitrogens is 1. The van der Waals surface area contributed by atoms with E-state index >= 15 is 0 Å². The van der Waals surface area contributed by atoms with Gasteiger partial charge in [-0.1, -0.05) is 18.2 Å². The molecule has 0 spiro atoms. The summed E-state index contributed by atoms with van der Waals surface area (Å²) in [7, 11) is -3.90. The largest absolute Gasteiger partial charge is 0.376 e. The molecule has 1 atom stereocenters. The molecular formula is C23H33N3O5S. The molecule has 1 aromatic heterocycles. The van der Waals surface area contributed by atoms with E-state index in [9.17, 15) is 18.0 Å². The highest BCUT2D eigenvalue weighted by atomic mass is 32.2. The third-order valence-corrected chi connectivity index (χ3v) is 7.30. The van der Waals surface area contributed by atoms with Crippen LogP contribution in [0, 0.1) is 0 Å². The van der Waals surface area contributed by atoms with Crippen LogP contribution in [0.1, 0.15) is 40.5 Å². The highest BCUT2D eigenvalue weighted by molar-refractivity contribution is 7.92. The van der Waals surface area contributed by atoms with Gasteiger partial charge in [-0.05, 0) is 46.6 Å². The number of fused-ring (bicyclic) bond motifs is 1. The van der Waals surface area contributed by atoms with Gasteiger partial charge in [0.25, 0.3) is 0 Å². The van der Waals surface area contributed by atoms with E-state index in [1.165, 1.54) is 6.20 Å². The van der Waals surface area contributed by atoms with Crippen molar-refractivity contribution in [1.82, 2.24) is 14.8 Å². The number of nitrogens with one attached hydrogen (secondary N) is 1. The summed E-state index contributed by atoms with van der Waals surface area (Å²) in [5, 5.41) is 3.17. The number of rotatable bonds is 9. The van der Waals surface area contributed by atoms with E-state index in [0.29, 0.717) is 24.1 Å². The molecule has 1 aliphatic rings. The minimum atomic E-state index is -3.90. The molecule has 0 unspecified atom stereocenters. The van der Waals surface area contributed by atoms with Crippen LogP contribution in [0.4, 0.5) is 0 Å². The van der Waals surface area contributed by atoms with E-state index in [0.717, 1.165) is 12.8 Å². The Kier molecular flexibility index (Phi) is 7.61. The number of nitrogens with zero attached hydrogens (tertiary/aromatic N) is 2. The van der Waals surface area contributed by atoms with Crippen LogP contribution in [0.25, 0.3) is 10.9 Å². The molecule has 8 nitrogen and oxygen atoms in total. The zero-order valence-corrected chi connectivity index (χ0v) is 20.0. The van der Waals surface area contributed by atoms with Crippen molar-refractivity contribution in [2.45, 2.75) is 70.2 Å². The number of benzene rings is 1. The third kappa shape index (κ3) is 5.50. The lowest BCUT2D eigenvalue weighted by Crippen LogP contribution is -2.43. The molecule has 1 aromatic carbocycles. The summed E-state index contributed by atoms with van der Waals surface area (Å²) in [4.78, 5) is 27.1. The SMILES string of the molecule is CC(C)N(C(=O)Cn1cc(S(=O)(=O)CC(=O)NC[C@H]2CCCO2)c2ccccc21)C(C)C. The third-order valence-electron chi connectivity index (χ3n) is 5.67. The second-order valence-electron chi connectivity index (χ2n) is 8.83. The average Bonchev–Trinajstić information content (AvgIpc) is 3.34. The number of sulfone groups is 1. The molecule has 0 bridgehead atoms. The van der Waals surface area contributed by atoms with Gasteiger partial charge in [0.05, 0.1) is 11.0 Å². The number of hydrogen-bond acceptors (Lipinski definition) is 5. The standard InChI is InChI=1S/C23H33N3O5S/c1-16(2)26(17(3)4)23(28)14-25-13-21(19-9-5-6-10-20(19)25)32(29,30)15-22(27)24-12-18-8-7-11-31-18/h5-6,9-10,13,16-18H,7-8,11-12,14-15H2,1-4H3,(H,24,27)/t18-/m1/s1. The van der Waals surface area contributed by atoms with Gasteiger partial charge in [-0.25, -0.2) is 8.42 Å². The Morgan fingerprint density at radius 1 is 1.19 bits per heavy atom. The summed E-state index contributed by atoms with van der Waals surface area (Å²) >= 11 is 0. The van der Waals surface area contributed by atoms with Gasteiger partial charge in [0.1, 0.15) is 12.3 Å². The zero-order chi connectivity index (χ0) is 23.5. The van der Waals surface area contributed by atoms with Gasteiger partial charge in [-0.15, -0.1) is 0 Å². The van der Waals surface area contributed by atoms with Gasteiger partial charge in [0.15, 0.2) is 9.84 Å². The van der Waals surface area contributed by atoms with Crippen molar-refractivity contribution in [1.29, 1.82) is 0 Å². The molecular weight excluding hydrogens is 430 g/mol. The number of amides is 2. The van der Waals surface area contributed by atoms with Crippen LogP contribution in [-0.4, -0.2) is 66.8 Å². The summed E-state index contributed by atoms with van der Waals surface area (Å²) in [6.45, 7) is 8.83. The molecule has 2 aromatic rings. The lowest BCUT2D eigenvalue weighted by atomic mass is 10.2. The first-order valence-corrected chi connectivity index (χ1v) is 12.8. The minimum Gasteiger partial charge on any atom is -0.376 e. The van der Waals surface area contributed by atoms with Crippen LogP contribution in [0.5, 0.6) is 0 Å². The molecule has 2 amide bonds. The topological polar surface area (TPSA) is 97.7 Å². The van der Waals surface area contributed by atoms with Crippen molar-refractivity contribution in [2.24, 2.45) is 0 Å². The molecule has 1 saturated heterocycles. The normalized spacial score (nSPS) is 16.8. The van der Waals surface area contributed by atoms with Gasteiger partial charge in [0.2, 0.25) is 11.8 Å². The summed E-state index contributed by atoms with van der Waals surface area (Å²) < 4.78 is 33.3. The van der Waals surface area contributed by atoms with Crippen molar-refractivity contribution >= 4 is 32.6 Å². The molecule has 0 saturated carbocycles. The predicted molar refractivity (Wildman–Crippen MR) is 123 cm³/mol. The van der Waals surface area contributed by atoms with Gasteiger partial charge in [-0.2, -0.15) is 0 Å². The van der Waals surface area contributed by atoms with Crippen LogP contribution in [-0.2, 0) is 30.7 Å². The van der Waals surface area contributed by atoms with Gasteiger partial charge in [-0.3, -0.25) is 9.59 Å². The maximum absolute atomic E-state index is 13.1. The molecule has 9 heteroatoms. The molecule has 0 radical (unpaired) electrons. The van der Waals surface area contributed by atoms with Crippen molar-refractivity contribution in [3.05, 3.63) is 30.5 Å². The Morgan fingerprint density at radius 3 is 2.50 bits per heavy atom. The van der Waals surface area contributed by atoms with Crippen molar-refractivity contribution in [3.8, 4) is 0 Å². The van der Waals surface area contributed by atoms with E-state index in [-0.39, 0.29) is 35.5 Å².